The molecule has 0 N–H and O–H groups in total. The average molecular weight is 453 g/mol. The van der Waals surface area contributed by atoms with Gasteiger partial charge in [-0.15, -0.1) is 6.58 Å². The van der Waals surface area contributed by atoms with Crippen LogP contribution in [-0.4, -0.2) is 43.7 Å². The normalized spacial score (nSPS) is 24.7. The third-order valence-corrected chi connectivity index (χ3v) is 8.06. The van der Waals surface area contributed by atoms with Gasteiger partial charge in [-0.3, -0.25) is 4.79 Å². The maximum Gasteiger partial charge on any atom is 0.229 e. The van der Waals surface area contributed by atoms with Gasteiger partial charge in [-0.2, -0.15) is 0 Å². The molecule has 1 fully saturated rings. The second-order valence-electron chi connectivity index (χ2n) is 9.61. The number of hydrogen-bond acceptors (Lipinski definition) is 2. The standard InChI is InChI=1S/C24H37ClN2O2S/c1-8-15-24(6)16-14-21(18-10-12-19(25)13-11-18)27(22(24)28)20(9-2)17-26(7)30(29)23(3,4)5/h8,10-13,20-21H,1,9,14-17H2,2-7H3. The zero-order valence-corrected chi connectivity index (χ0v) is 20.9. The smallest absolute Gasteiger partial charge is 0.229 e. The van der Waals surface area contributed by atoms with Crippen LogP contribution in [-0.2, 0) is 15.8 Å². The van der Waals surface area contributed by atoms with Crippen LogP contribution in [0.5, 0.6) is 0 Å². The van der Waals surface area contributed by atoms with Gasteiger partial charge in [0.25, 0.3) is 0 Å². The molecule has 30 heavy (non-hydrogen) atoms. The first-order valence-electron chi connectivity index (χ1n) is 10.8. The summed E-state index contributed by atoms with van der Waals surface area (Å²) in [6.07, 6.45) is 5.02. The van der Waals surface area contributed by atoms with Crippen LogP contribution in [0.4, 0.5) is 0 Å². The Kier molecular flexibility index (Phi) is 8.34. The van der Waals surface area contributed by atoms with Crippen molar-refractivity contribution in [3.8, 4) is 0 Å². The van der Waals surface area contributed by atoms with E-state index >= 15 is 0 Å². The third-order valence-electron chi connectivity index (χ3n) is 6.05. The highest BCUT2D eigenvalue weighted by Crippen LogP contribution is 2.44. The quantitative estimate of drug-likeness (QED) is 0.470. The zero-order valence-electron chi connectivity index (χ0n) is 19.3. The van der Waals surface area contributed by atoms with Crippen molar-refractivity contribution in [2.24, 2.45) is 5.41 Å². The van der Waals surface area contributed by atoms with Crippen molar-refractivity contribution < 1.29 is 9.00 Å². The molecule has 2 rings (SSSR count). The average Bonchev–Trinajstić information content (AvgIpc) is 2.68. The van der Waals surface area contributed by atoms with Crippen molar-refractivity contribution in [1.29, 1.82) is 0 Å². The Labute approximate surface area is 190 Å². The molecule has 1 aromatic rings. The number of benzene rings is 1. The molecule has 4 unspecified atom stereocenters. The Balaban J connectivity index is 2.41. The van der Waals surface area contributed by atoms with E-state index in [1.54, 1.807) is 0 Å². The van der Waals surface area contributed by atoms with E-state index in [-0.39, 0.29) is 22.7 Å². The fourth-order valence-electron chi connectivity index (χ4n) is 4.34. The zero-order chi connectivity index (χ0) is 22.7. The molecule has 1 heterocycles. The number of piperidine rings is 1. The molecule has 0 radical (unpaired) electrons. The molecule has 1 saturated heterocycles. The van der Waals surface area contributed by atoms with Crippen LogP contribution < -0.4 is 0 Å². The van der Waals surface area contributed by atoms with E-state index in [4.69, 9.17) is 11.6 Å². The molecule has 1 aliphatic rings. The molecular weight excluding hydrogens is 416 g/mol. The first-order chi connectivity index (χ1) is 13.9. The lowest BCUT2D eigenvalue weighted by Crippen LogP contribution is -2.56. The SMILES string of the molecule is C=CCC1(C)CCC(c2ccc(Cl)cc2)N(C(CC)CN(C)S(=O)C(C)(C)C)C1=O. The van der Waals surface area contributed by atoms with E-state index in [0.29, 0.717) is 18.0 Å². The number of hydrogen-bond donors (Lipinski definition) is 0. The summed E-state index contributed by atoms with van der Waals surface area (Å²) in [6.45, 7) is 14.5. The molecule has 1 amide bonds. The molecule has 0 spiro atoms. The second-order valence-corrected chi connectivity index (χ2v) is 12.4. The minimum Gasteiger partial charge on any atom is -0.331 e. The van der Waals surface area contributed by atoms with Crippen molar-refractivity contribution in [2.45, 2.75) is 77.1 Å². The monoisotopic (exact) mass is 452 g/mol. The highest BCUT2D eigenvalue weighted by Gasteiger charge is 2.46. The molecule has 4 atom stereocenters. The van der Waals surface area contributed by atoms with E-state index in [2.05, 4.69) is 18.4 Å². The Morgan fingerprint density at radius 1 is 1.37 bits per heavy atom. The van der Waals surface area contributed by atoms with Crippen molar-refractivity contribution in [2.75, 3.05) is 13.6 Å². The number of likely N-dealkylation sites (N-methyl/N-ethyl adjacent to an activating group) is 1. The van der Waals surface area contributed by atoms with Crippen LogP contribution in [0, 0.1) is 5.41 Å². The Hall–Kier alpha value is -1.17. The summed E-state index contributed by atoms with van der Waals surface area (Å²) in [4.78, 5) is 15.9. The third kappa shape index (κ3) is 5.54. The molecule has 0 bridgehead atoms. The van der Waals surface area contributed by atoms with E-state index in [0.717, 1.165) is 24.8 Å². The molecule has 0 aromatic heterocycles. The van der Waals surface area contributed by atoms with E-state index in [1.165, 1.54) is 0 Å². The van der Waals surface area contributed by atoms with Gasteiger partial charge in [0.2, 0.25) is 5.91 Å². The molecule has 0 aliphatic carbocycles. The molecular formula is C24H37ClN2O2S. The maximum atomic E-state index is 13.8. The summed E-state index contributed by atoms with van der Waals surface area (Å²) < 4.78 is 14.5. The van der Waals surface area contributed by atoms with Crippen LogP contribution in [0.2, 0.25) is 5.02 Å². The van der Waals surface area contributed by atoms with Gasteiger partial charge in [0, 0.05) is 17.6 Å². The van der Waals surface area contributed by atoms with Crippen LogP contribution in [0.15, 0.2) is 36.9 Å². The molecule has 1 aromatic carbocycles. The van der Waals surface area contributed by atoms with Crippen molar-refractivity contribution in [1.82, 2.24) is 9.21 Å². The van der Waals surface area contributed by atoms with Crippen LogP contribution in [0.1, 0.15) is 71.9 Å². The van der Waals surface area contributed by atoms with Gasteiger partial charge in [-0.25, -0.2) is 8.51 Å². The van der Waals surface area contributed by atoms with Crippen molar-refractivity contribution in [3.63, 3.8) is 0 Å². The molecule has 0 saturated carbocycles. The van der Waals surface area contributed by atoms with Crippen LogP contribution in [0.3, 0.4) is 0 Å². The summed E-state index contributed by atoms with van der Waals surface area (Å²) in [6, 6.07) is 7.78. The van der Waals surface area contributed by atoms with Gasteiger partial charge in [0.1, 0.15) is 0 Å². The number of likely N-dealkylation sites (tertiary alicyclic amines) is 1. The fourth-order valence-corrected chi connectivity index (χ4v) is 5.71. The summed E-state index contributed by atoms with van der Waals surface area (Å²) in [5, 5.41) is 0.691. The van der Waals surface area contributed by atoms with Crippen LogP contribution >= 0.6 is 11.6 Å². The number of rotatable bonds is 8. The lowest BCUT2D eigenvalue weighted by Gasteiger charge is -2.48. The number of allylic oxidation sites excluding steroid dienone is 1. The second kappa shape index (κ2) is 9.97. The highest BCUT2D eigenvalue weighted by atomic mass is 35.5. The van der Waals surface area contributed by atoms with Gasteiger partial charge in [-0.05, 0) is 71.2 Å². The van der Waals surface area contributed by atoms with Gasteiger partial charge in [0.15, 0.2) is 0 Å². The van der Waals surface area contributed by atoms with Gasteiger partial charge in [-0.1, -0.05) is 43.7 Å². The fraction of sp³-hybridized carbons (Fsp3) is 0.625. The lowest BCUT2D eigenvalue weighted by molar-refractivity contribution is -0.153. The first kappa shape index (κ1) is 25.1. The number of carbonyl (C=O) groups is 1. The molecule has 1 aliphatic heterocycles. The molecule has 4 nitrogen and oxygen atoms in total. The van der Waals surface area contributed by atoms with Crippen molar-refractivity contribution >= 4 is 28.5 Å². The predicted octanol–water partition coefficient (Wildman–Crippen LogP) is 5.76. The Bertz CT molecular complexity index is 774. The predicted molar refractivity (Wildman–Crippen MR) is 128 cm³/mol. The largest absolute Gasteiger partial charge is 0.331 e. The topological polar surface area (TPSA) is 40.6 Å². The summed E-state index contributed by atoms with van der Waals surface area (Å²) in [7, 11) is 0.748. The van der Waals surface area contributed by atoms with Crippen molar-refractivity contribution in [3.05, 3.63) is 47.5 Å². The number of carbonyl (C=O) groups excluding carboxylic acids is 1. The molecule has 6 heteroatoms. The van der Waals surface area contributed by atoms with Gasteiger partial charge < -0.3 is 4.90 Å². The minimum atomic E-state index is -1.14. The molecule has 168 valence electrons. The number of amides is 1. The summed E-state index contributed by atoms with van der Waals surface area (Å²) in [5.74, 6) is 0.162. The van der Waals surface area contributed by atoms with Crippen LogP contribution in [0.25, 0.3) is 0 Å². The van der Waals surface area contributed by atoms with Gasteiger partial charge >= 0.3 is 0 Å². The Morgan fingerprint density at radius 3 is 2.47 bits per heavy atom. The lowest BCUT2D eigenvalue weighted by atomic mass is 9.74. The van der Waals surface area contributed by atoms with E-state index in [1.807, 2.05) is 69.4 Å². The first-order valence-corrected chi connectivity index (χ1v) is 12.3. The highest BCUT2D eigenvalue weighted by molar-refractivity contribution is 7.84. The van der Waals surface area contributed by atoms with Gasteiger partial charge in [0.05, 0.1) is 27.2 Å². The van der Waals surface area contributed by atoms with E-state index < -0.39 is 16.4 Å². The Morgan fingerprint density at radius 2 is 1.97 bits per heavy atom. The number of halogens is 1. The van der Waals surface area contributed by atoms with E-state index in [9.17, 15) is 9.00 Å². The summed E-state index contributed by atoms with van der Waals surface area (Å²) in [5.41, 5.74) is 0.659. The minimum absolute atomic E-state index is 0.00548. The maximum absolute atomic E-state index is 13.8. The summed E-state index contributed by atoms with van der Waals surface area (Å²) >= 11 is 6.11. The number of nitrogens with zero attached hydrogens (tertiary/aromatic N) is 2.